The Morgan fingerprint density at radius 3 is 2.57 bits per heavy atom. The van der Waals surface area contributed by atoms with Gasteiger partial charge in [-0.15, -0.1) is 0 Å². The Balaban J connectivity index is 1.65. The van der Waals surface area contributed by atoms with E-state index in [1.54, 1.807) is 24.3 Å². The predicted molar refractivity (Wildman–Crippen MR) is 129 cm³/mol. The number of fused-ring (bicyclic) bond motifs is 2. The van der Waals surface area contributed by atoms with Gasteiger partial charge in [-0.25, -0.2) is 9.50 Å². The van der Waals surface area contributed by atoms with Crippen molar-refractivity contribution in [3.05, 3.63) is 94.3 Å². The van der Waals surface area contributed by atoms with Crippen molar-refractivity contribution < 1.29 is 27.6 Å². The van der Waals surface area contributed by atoms with E-state index in [1.807, 2.05) is 18.2 Å². The molecule has 0 unspecified atom stereocenters. The van der Waals surface area contributed by atoms with Crippen LogP contribution in [0.15, 0.2) is 72.9 Å². The molecule has 0 fully saturated rings. The average molecular weight is 507 g/mol. The normalized spacial score (nSPS) is 11.6. The Morgan fingerprint density at radius 1 is 1.08 bits per heavy atom. The first-order valence-electron chi connectivity index (χ1n) is 10.7. The van der Waals surface area contributed by atoms with Crippen LogP contribution < -0.4 is 10.1 Å². The monoisotopic (exact) mass is 507 g/mol. The summed E-state index contributed by atoms with van der Waals surface area (Å²) < 4.78 is 47.6. The number of hydrogen-bond acceptors (Lipinski definition) is 6. The van der Waals surface area contributed by atoms with E-state index in [0.29, 0.717) is 15.5 Å². The van der Waals surface area contributed by atoms with Crippen LogP contribution in [-0.4, -0.2) is 32.5 Å². The standard InChI is InChI=1S/C25H16F3N5O4/c1-37-17-10-15(9-16(11-17)33(35)36)30-24(34)20-13-29-32-22(25(26,27)28)12-21(31-23(20)32)19-8-4-6-14-5-2-3-7-18(14)19/h2-13H,1H3,(H,30,34). The molecule has 0 radical (unpaired) electrons. The molecule has 37 heavy (non-hydrogen) atoms. The number of rotatable bonds is 5. The number of amides is 1. The number of nitro benzene ring substituents is 1. The maximum absolute atomic E-state index is 14.0. The zero-order chi connectivity index (χ0) is 26.3. The summed E-state index contributed by atoms with van der Waals surface area (Å²) in [6.07, 6.45) is -3.83. The topological polar surface area (TPSA) is 112 Å². The van der Waals surface area contributed by atoms with Gasteiger partial charge in [-0.1, -0.05) is 42.5 Å². The highest BCUT2D eigenvalue weighted by Crippen LogP contribution is 2.35. The number of hydrogen-bond donors (Lipinski definition) is 1. The van der Waals surface area contributed by atoms with Crippen molar-refractivity contribution in [3.63, 3.8) is 0 Å². The van der Waals surface area contributed by atoms with Crippen molar-refractivity contribution in [1.29, 1.82) is 0 Å². The first-order chi connectivity index (χ1) is 17.7. The number of carbonyl (C=O) groups is 1. The van der Waals surface area contributed by atoms with Crippen molar-refractivity contribution in [2.45, 2.75) is 6.18 Å². The number of carbonyl (C=O) groups excluding carboxylic acids is 1. The SMILES string of the molecule is COc1cc(NC(=O)c2cnn3c(C(F)(F)F)cc(-c4cccc5ccccc45)nc23)cc([N+](=O)[O-])c1. The Kier molecular flexibility index (Phi) is 5.71. The minimum Gasteiger partial charge on any atom is -0.496 e. The second kappa shape index (κ2) is 8.90. The quantitative estimate of drug-likeness (QED) is 0.240. The maximum Gasteiger partial charge on any atom is 0.433 e. The summed E-state index contributed by atoms with van der Waals surface area (Å²) in [5.41, 5.74) is -1.57. The summed E-state index contributed by atoms with van der Waals surface area (Å²) in [6, 6.07) is 16.8. The molecule has 0 aliphatic carbocycles. The van der Waals surface area contributed by atoms with E-state index < -0.39 is 22.7 Å². The molecule has 186 valence electrons. The molecule has 0 aliphatic heterocycles. The third-order valence-corrected chi connectivity index (χ3v) is 5.67. The number of aromatic nitrogens is 3. The Labute approximate surface area is 206 Å². The smallest absolute Gasteiger partial charge is 0.433 e. The van der Waals surface area contributed by atoms with Gasteiger partial charge in [-0.3, -0.25) is 14.9 Å². The first-order valence-corrected chi connectivity index (χ1v) is 10.7. The van der Waals surface area contributed by atoms with Crippen LogP contribution in [0.5, 0.6) is 5.75 Å². The van der Waals surface area contributed by atoms with E-state index in [4.69, 9.17) is 4.74 Å². The number of methoxy groups -OCH3 is 1. The summed E-state index contributed by atoms with van der Waals surface area (Å²) in [4.78, 5) is 28.0. The number of benzene rings is 3. The molecule has 0 saturated heterocycles. The fraction of sp³-hybridized carbons (Fsp3) is 0.0800. The molecule has 0 aliphatic rings. The van der Waals surface area contributed by atoms with Gasteiger partial charge in [0.25, 0.3) is 11.6 Å². The van der Waals surface area contributed by atoms with Crippen LogP contribution in [0.1, 0.15) is 16.1 Å². The summed E-state index contributed by atoms with van der Waals surface area (Å²) in [5, 5.41) is 18.9. The van der Waals surface area contributed by atoms with E-state index in [1.165, 1.54) is 19.2 Å². The number of anilines is 1. The van der Waals surface area contributed by atoms with Crippen LogP contribution in [0.3, 0.4) is 0 Å². The predicted octanol–water partition coefficient (Wildman–Crippen LogP) is 5.74. The molecule has 9 nitrogen and oxygen atoms in total. The number of non-ortho nitro benzene ring substituents is 1. The third-order valence-electron chi connectivity index (χ3n) is 5.67. The lowest BCUT2D eigenvalue weighted by Crippen LogP contribution is -2.16. The Hall–Kier alpha value is -5.00. The van der Waals surface area contributed by atoms with Crippen molar-refractivity contribution in [2.75, 3.05) is 12.4 Å². The number of halogens is 3. The van der Waals surface area contributed by atoms with Crippen molar-refractivity contribution in [3.8, 4) is 17.0 Å². The van der Waals surface area contributed by atoms with Gasteiger partial charge in [0, 0.05) is 17.7 Å². The molecule has 2 aromatic heterocycles. The van der Waals surface area contributed by atoms with Crippen molar-refractivity contribution in [1.82, 2.24) is 14.6 Å². The molecule has 3 aromatic carbocycles. The van der Waals surface area contributed by atoms with Gasteiger partial charge in [0.2, 0.25) is 0 Å². The summed E-state index contributed by atoms with van der Waals surface area (Å²) in [7, 11) is 1.30. The Bertz CT molecular complexity index is 1690. The van der Waals surface area contributed by atoms with Gasteiger partial charge in [0.1, 0.15) is 11.3 Å². The first kappa shape index (κ1) is 23.7. The highest BCUT2D eigenvalue weighted by molar-refractivity contribution is 6.08. The minimum absolute atomic E-state index is 0.00296. The van der Waals surface area contributed by atoms with Gasteiger partial charge in [-0.2, -0.15) is 18.3 Å². The fourth-order valence-corrected chi connectivity index (χ4v) is 3.99. The second-order valence-corrected chi connectivity index (χ2v) is 7.98. The van der Waals surface area contributed by atoms with Crippen LogP contribution in [0.2, 0.25) is 0 Å². The van der Waals surface area contributed by atoms with Crippen LogP contribution in [0.4, 0.5) is 24.5 Å². The molecule has 0 saturated carbocycles. The molecule has 0 spiro atoms. The number of nitro groups is 1. The molecule has 2 heterocycles. The van der Waals surface area contributed by atoms with Gasteiger partial charge in [0.15, 0.2) is 11.3 Å². The van der Waals surface area contributed by atoms with E-state index >= 15 is 0 Å². The van der Waals surface area contributed by atoms with Gasteiger partial charge in [-0.05, 0) is 16.8 Å². The third kappa shape index (κ3) is 4.40. The lowest BCUT2D eigenvalue weighted by Gasteiger charge is -2.13. The number of ether oxygens (including phenoxy) is 1. The van der Waals surface area contributed by atoms with Crippen LogP contribution in [0, 0.1) is 10.1 Å². The molecular formula is C25H16F3N5O4. The molecule has 1 N–H and O–H groups in total. The van der Waals surface area contributed by atoms with E-state index in [9.17, 15) is 28.1 Å². The fourth-order valence-electron chi connectivity index (χ4n) is 3.99. The van der Waals surface area contributed by atoms with Crippen LogP contribution >= 0.6 is 0 Å². The second-order valence-electron chi connectivity index (χ2n) is 7.98. The highest BCUT2D eigenvalue weighted by atomic mass is 19.4. The molecule has 0 bridgehead atoms. The van der Waals surface area contributed by atoms with Crippen LogP contribution in [0.25, 0.3) is 27.7 Å². The molecule has 1 amide bonds. The van der Waals surface area contributed by atoms with Gasteiger partial charge >= 0.3 is 6.18 Å². The number of alkyl halides is 3. The minimum atomic E-state index is -4.80. The summed E-state index contributed by atoms with van der Waals surface area (Å²) >= 11 is 0. The van der Waals surface area contributed by atoms with Crippen LogP contribution in [-0.2, 0) is 6.18 Å². The van der Waals surface area contributed by atoms with E-state index in [0.717, 1.165) is 23.7 Å². The van der Waals surface area contributed by atoms with E-state index in [-0.39, 0.29) is 34.0 Å². The molecule has 5 aromatic rings. The number of nitrogens with one attached hydrogen (secondary N) is 1. The lowest BCUT2D eigenvalue weighted by molar-refractivity contribution is -0.384. The molecule has 5 rings (SSSR count). The van der Waals surface area contributed by atoms with Gasteiger partial charge in [0.05, 0.1) is 35.7 Å². The zero-order valence-corrected chi connectivity index (χ0v) is 19.0. The maximum atomic E-state index is 14.0. The van der Waals surface area contributed by atoms with Gasteiger partial charge < -0.3 is 10.1 Å². The average Bonchev–Trinajstić information content (AvgIpc) is 3.31. The highest BCUT2D eigenvalue weighted by Gasteiger charge is 2.36. The van der Waals surface area contributed by atoms with E-state index in [2.05, 4.69) is 15.4 Å². The largest absolute Gasteiger partial charge is 0.496 e. The lowest BCUT2D eigenvalue weighted by atomic mass is 10.0. The Morgan fingerprint density at radius 2 is 1.84 bits per heavy atom. The molecule has 12 heteroatoms. The van der Waals surface area contributed by atoms with Crippen molar-refractivity contribution >= 4 is 33.7 Å². The molecular weight excluding hydrogens is 491 g/mol. The number of nitrogens with zero attached hydrogens (tertiary/aromatic N) is 4. The summed E-state index contributed by atoms with van der Waals surface area (Å²) in [5.74, 6) is -0.742. The molecule has 0 atom stereocenters. The van der Waals surface area contributed by atoms with Crippen molar-refractivity contribution in [2.24, 2.45) is 0 Å². The summed E-state index contributed by atoms with van der Waals surface area (Å²) in [6.45, 7) is 0. The zero-order valence-electron chi connectivity index (χ0n) is 19.0.